The molecule has 0 aromatic heterocycles. The van der Waals surface area contributed by atoms with Crippen LogP contribution in [0.4, 0.5) is 0 Å². The van der Waals surface area contributed by atoms with E-state index in [9.17, 15) is 0 Å². The summed E-state index contributed by atoms with van der Waals surface area (Å²) in [5.74, 6) is 0. The van der Waals surface area contributed by atoms with Gasteiger partial charge >= 0.3 is 7.67 Å². The van der Waals surface area contributed by atoms with Crippen molar-refractivity contribution in [2.24, 2.45) is 0 Å². The molecule has 0 heterocycles. The summed E-state index contributed by atoms with van der Waals surface area (Å²) in [6.07, 6.45) is 0. The summed E-state index contributed by atoms with van der Waals surface area (Å²) in [5.41, 5.74) is 11.4. The fraction of sp³-hybridized carbons (Fsp3) is 0. The van der Waals surface area contributed by atoms with E-state index in [4.69, 9.17) is 20.5 Å². The van der Waals surface area contributed by atoms with Crippen molar-refractivity contribution in [3.63, 3.8) is 0 Å². The molecule has 0 bridgehead atoms. The van der Waals surface area contributed by atoms with E-state index in [0.29, 0.717) is 0 Å². The third kappa shape index (κ3) is 1510. The Morgan fingerprint density at radius 2 is 1.60 bits per heavy atom. The van der Waals surface area contributed by atoms with Gasteiger partial charge in [0.25, 0.3) is 0 Å². The van der Waals surface area contributed by atoms with Gasteiger partial charge in [-0.05, 0) is 0 Å². The third-order valence-corrected chi connectivity index (χ3v) is 0. The van der Waals surface area contributed by atoms with Crippen molar-refractivity contribution < 1.29 is 9.46 Å². The number of nitrogens with one attached hydrogen (secondary N) is 2. The van der Waals surface area contributed by atoms with Crippen LogP contribution < -0.4 is 11.0 Å². The van der Waals surface area contributed by atoms with Crippen molar-refractivity contribution in [2.45, 2.75) is 0 Å². The fourth-order valence-corrected chi connectivity index (χ4v) is 0. The van der Waals surface area contributed by atoms with Gasteiger partial charge in [0, 0.05) is 0 Å². The highest BCUT2D eigenvalue weighted by Gasteiger charge is 1.97. The van der Waals surface area contributed by atoms with Gasteiger partial charge in [0.05, 0.1) is 0 Å². The van der Waals surface area contributed by atoms with Crippen molar-refractivity contribution >= 4 is 7.67 Å². The van der Waals surface area contributed by atoms with Crippen molar-refractivity contribution in [1.82, 2.24) is 11.0 Å². The van der Waals surface area contributed by atoms with Gasteiger partial charge in [0.1, 0.15) is 0 Å². The van der Waals surface area contributed by atoms with Crippen molar-refractivity contribution in [1.29, 1.82) is 0 Å². The van der Waals surface area contributed by atoms with Crippen LogP contribution in [0.2, 0.25) is 0 Å². The smallest absolute Gasteiger partial charge is 0.320 e. The summed E-state index contributed by atoms with van der Waals surface area (Å²) in [6.45, 7) is 0. The van der Waals surface area contributed by atoms with Crippen LogP contribution in [0.5, 0.6) is 0 Å². The molecule has 3 N–H and O–H groups in total. The Hall–Kier alpha value is 0.110. The van der Waals surface area contributed by atoms with Crippen LogP contribution in [0.3, 0.4) is 0 Å². The van der Waals surface area contributed by atoms with E-state index in [2.05, 4.69) is 0 Å². The monoisotopic (exact) mass is 94.0 g/mol. The van der Waals surface area contributed by atoms with Gasteiger partial charge in [-0.25, -0.2) is 0 Å². The zero-order valence-corrected chi connectivity index (χ0v) is 3.20. The molecule has 0 aromatic rings. The van der Waals surface area contributed by atoms with Crippen LogP contribution in [0, 0.1) is 0 Å². The molecule has 0 aliphatic rings. The minimum atomic E-state index is -4.14. The SMILES string of the molecule is [NH]P([NH])(=O)O. The van der Waals surface area contributed by atoms with E-state index in [0.717, 1.165) is 0 Å². The quantitative estimate of drug-likeness (QED) is 0.416. The summed E-state index contributed by atoms with van der Waals surface area (Å²) in [6, 6.07) is 0. The van der Waals surface area contributed by atoms with Gasteiger partial charge in [0.15, 0.2) is 0 Å². The second-order valence-electron chi connectivity index (χ2n) is 0.576. The molecule has 0 aromatic carbocycles. The number of hydrogen-bond donors (Lipinski definition) is 1. The Labute approximate surface area is 29.3 Å². The zero-order chi connectivity index (χ0) is 4.50. The van der Waals surface area contributed by atoms with Crippen molar-refractivity contribution in [3.8, 4) is 0 Å². The lowest BCUT2D eigenvalue weighted by Gasteiger charge is -1.82. The lowest BCUT2D eigenvalue weighted by Crippen LogP contribution is -1.73. The highest BCUT2D eigenvalue weighted by molar-refractivity contribution is 7.51. The topological polar surface area (TPSA) is 84.9 Å². The molecule has 0 spiro atoms. The first-order chi connectivity index (χ1) is 2.00. The average molecular weight is 94.0 g/mol. The van der Waals surface area contributed by atoms with E-state index >= 15 is 0 Å². The maximum Gasteiger partial charge on any atom is 0.365 e. The number of rotatable bonds is 0. The summed E-state index contributed by atoms with van der Waals surface area (Å²) >= 11 is 0. The Morgan fingerprint density at radius 3 is 1.60 bits per heavy atom. The molecule has 2 radical (unpaired) electrons. The Balaban J connectivity index is 3.47. The molecule has 5 heavy (non-hydrogen) atoms. The molecular weight excluding hydrogens is 91.0 g/mol. The molecule has 0 fully saturated rings. The largest absolute Gasteiger partial charge is 0.365 e. The molecule has 4 nitrogen and oxygen atoms in total. The van der Waals surface area contributed by atoms with E-state index in [1.807, 2.05) is 0 Å². The summed E-state index contributed by atoms with van der Waals surface area (Å²) in [7, 11) is -4.14. The molecule has 0 saturated carbocycles. The standard InChI is InChI=1S/H3N2O2P/c1-5(2,3)4/h1-2H,(H,3,4). The summed E-state index contributed by atoms with van der Waals surface area (Å²) < 4.78 is 9.10. The van der Waals surface area contributed by atoms with E-state index < -0.39 is 7.67 Å². The molecule has 0 aliphatic carbocycles. The van der Waals surface area contributed by atoms with E-state index in [1.54, 1.807) is 0 Å². The lowest BCUT2D eigenvalue weighted by atomic mass is 13.9. The predicted octanol–water partition coefficient (Wildman–Crippen LogP) is -0.347. The minimum Gasteiger partial charge on any atom is -0.320 e. The first-order valence-corrected chi connectivity index (χ1v) is 2.49. The second-order valence-corrected chi connectivity index (χ2v) is 1.73. The van der Waals surface area contributed by atoms with Crippen LogP contribution in [0.1, 0.15) is 0 Å². The summed E-state index contributed by atoms with van der Waals surface area (Å²) in [5, 5.41) is 0. The lowest BCUT2D eigenvalue weighted by molar-refractivity contribution is 0.477. The molecule has 5 heteroatoms. The second kappa shape index (κ2) is 1.06. The van der Waals surface area contributed by atoms with Crippen molar-refractivity contribution in [3.05, 3.63) is 0 Å². The molecule has 0 amide bonds. The average Bonchev–Trinajstić information content (AvgIpc) is 0.722. The molecule has 0 rings (SSSR count). The molecule has 0 aliphatic heterocycles. The minimum absolute atomic E-state index is 4.14. The number of hydrogen-bond acceptors (Lipinski definition) is 1. The highest BCUT2D eigenvalue weighted by Crippen LogP contribution is 2.22. The zero-order valence-electron chi connectivity index (χ0n) is 2.30. The predicted molar refractivity (Wildman–Crippen MR) is 16.0 cm³/mol. The molecule has 0 saturated heterocycles. The van der Waals surface area contributed by atoms with Crippen LogP contribution >= 0.6 is 7.67 Å². The van der Waals surface area contributed by atoms with Gasteiger partial charge in [0.2, 0.25) is 0 Å². The Kier molecular flexibility index (Phi) is 1.09. The Bertz CT molecular complexity index is 53.8. The van der Waals surface area contributed by atoms with Crippen LogP contribution in [0.15, 0.2) is 0 Å². The highest BCUT2D eigenvalue weighted by atomic mass is 31.2. The fourth-order valence-electron chi connectivity index (χ4n) is 0. The van der Waals surface area contributed by atoms with Gasteiger partial charge in [-0.2, -0.15) is 11.0 Å². The van der Waals surface area contributed by atoms with Gasteiger partial charge in [-0.15, -0.1) is 0 Å². The molecule has 0 unspecified atom stereocenters. The van der Waals surface area contributed by atoms with Crippen molar-refractivity contribution in [2.75, 3.05) is 0 Å². The molecular formula is H3N2O2P. The first kappa shape index (κ1) is 5.11. The van der Waals surface area contributed by atoms with Gasteiger partial charge in [-0.3, -0.25) is 4.57 Å². The normalized spacial score (nSPS) is 11.8. The molecule has 30 valence electrons. The third-order valence-electron chi connectivity index (χ3n) is 0. The van der Waals surface area contributed by atoms with Gasteiger partial charge < -0.3 is 4.89 Å². The Morgan fingerprint density at radius 1 is 1.60 bits per heavy atom. The summed E-state index contributed by atoms with van der Waals surface area (Å²) in [4.78, 5) is 7.41. The van der Waals surface area contributed by atoms with Crippen LogP contribution in [-0.2, 0) is 4.57 Å². The van der Waals surface area contributed by atoms with E-state index in [1.165, 1.54) is 0 Å². The molecule has 0 atom stereocenters. The van der Waals surface area contributed by atoms with E-state index in [-0.39, 0.29) is 0 Å². The van der Waals surface area contributed by atoms with Gasteiger partial charge in [-0.1, -0.05) is 0 Å². The first-order valence-electron chi connectivity index (χ1n) is 0.830. The van der Waals surface area contributed by atoms with Crippen LogP contribution in [-0.4, -0.2) is 4.89 Å². The van der Waals surface area contributed by atoms with Crippen LogP contribution in [0.25, 0.3) is 0 Å². The maximum absolute atomic E-state index is 9.10. The maximum atomic E-state index is 9.10.